The molecule has 0 spiro atoms. The summed E-state index contributed by atoms with van der Waals surface area (Å²) in [5.74, 6) is 0.433. The van der Waals surface area contributed by atoms with Gasteiger partial charge in [0.15, 0.2) is 0 Å². The summed E-state index contributed by atoms with van der Waals surface area (Å²) >= 11 is 6.15. The van der Waals surface area contributed by atoms with E-state index in [9.17, 15) is 14.7 Å². The van der Waals surface area contributed by atoms with E-state index in [2.05, 4.69) is 0 Å². The number of piperidine rings is 1. The molecule has 1 amide bonds. The SMILES string of the molecule is CCc1cc(Cl)cc(OC)c1C1=C(OC(=O)O)C2CCCCN2C1=O. The van der Waals surface area contributed by atoms with Crippen LogP contribution >= 0.6 is 11.6 Å². The molecule has 134 valence electrons. The molecule has 3 rings (SSSR count). The summed E-state index contributed by atoms with van der Waals surface area (Å²) in [7, 11) is 1.50. The zero-order valence-electron chi connectivity index (χ0n) is 14.2. The molecule has 1 fully saturated rings. The van der Waals surface area contributed by atoms with Crippen molar-refractivity contribution in [2.75, 3.05) is 13.7 Å². The zero-order valence-corrected chi connectivity index (χ0v) is 14.9. The van der Waals surface area contributed by atoms with Crippen molar-refractivity contribution in [2.45, 2.75) is 38.6 Å². The minimum atomic E-state index is -1.42. The Morgan fingerprint density at radius 2 is 2.16 bits per heavy atom. The lowest BCUT2D eigenvalue weighted by atomic mass is 9.95. The Morgan fingerprint density at radius 1 is 1.40 bits per heavy atom. The molecule has 2 aliphatic heterocycles. The van der Waals surface area contributed by atoms with Crippen molar-refractivity contribution in [3.8, 4) is 5.75 Å². The van der Waals surface area contributed by atoms with Gasteiger partial charge in [0.2, 0.25) is 0 Å². The number of carbonyl (C=O) groups excluding carboxylic acids is 1. The first kappa shape index (κ1) is 17.6. The van der Waals surface area contributed by atoms with Gasteiger partial charge >= 0.3 is 6.16 Å². The first-order chi connectivity index (χ1) is 12.0. The Bertz CT molecular complexity index is 733. The van der Waals surface area contributed by atoms with E-state index >= 15 is 0 Å². The molecular weight excluding hydrogens is 346 g/mol. The van der Waals surface area contributed by atoms with E-state index in [1.54, 1.807) is 17.0 Å². The molecule has 0 bridgehead atoms. The average molecular weight is 366 g/mol. The Kier molecular flexibility index (Phi) is 4.90. The van der Waals surface area contributed by atoms with Crippen LogP contribution in [0.4, 0.5) is 4.79 Å². The Balaban J connectivity index is 2.24. The highest BCUT2D eigenvalue weighted by Gasteiger charge is 2.44. The van der Waals surface area contributed by atoms with Gasteiger partial charge in [-0.25, -0.2) is 4.79 Å². The van der Waals surface area contributed by atoms with Crippen molar-refractivity contribution in [1.29, 1.82) is 0 Å². The summed E-state index contributed by atoms with van der Waals surface area (Å²) in [6.45, 7) is 2.54. The molecular formula is C18H20ClNO5. The number of ether oxygens (including phenoxy) is 2. The van der Waals surface area contributed by atoms with Gasteiger partial charge in [-0.3, -0.25) is 4.79 Å². The number of hydrogen-bond donors (Lipinski definition) is 1. The fraction of sp³-hybridized carbons (Fsp3) is 0.444. The second-order valence-electron chi connectivity index (χ2n) is 6.11. The van der Waals surface area contributed by atoms with Gasteiger partial charge in [-0.2, -0.15) is 0 Å². The Labute approximate surface area is 151 Å². The number of amides is 1. The first-order valence-electron chi connectivity index (χ1n) is 8.30. The first-order valence-corrected chi connectivity index (χ1v) is 8.68. The Morgan fingerprint density at radius 3 is 2.80 bits per heavy atom. The summed E-state index contributed by atoms with van der Waals surface area (Å²) in [6.07, 6.45) is 1.71. The quantitative estimate of drug-likeness (QED) is 0.823. The molecule has 25 heavy (non-hydrogen) atoms. The number of rotatable bonds is 4. The third-order valence-electron chi connectivity index (χ3n) is 4.72. The number of nitrogens with zero attached hydrogens (tertiary/aromatic N) is 1. The summed E-state index contributed by atoms with van der Waals surface area (Å²) in [5.41, 5.74) is 1.67. The normalized spacial score (nSPS) is 19.9. The molecule has 1 aromatic rings. The molecule has 2 heterocycles. The molecule has 1 atom stereocenters. The predicted octanol–water partition coefficient (Wildman–Crippen LogP) is 3.71. The minimum Gasteiger partial charge on any atom is -0.496 e. The molecule has 0 aromatic heterocycles. The average Bonchev–Trinajstić information content (AvgIpc) is 2.86. The zero-order chi connectivity index (χ0) is 18.1. The van der Waals surface area contributed by atoms with Gasteiger partial charge in [0.25, 0.3) is 5.91 Å². The van der Waals surface area contributed by atoms with E-state index < -0.39 is 6.16 Å². The molecule has 1 saturated heterocycles. The van der Waals surface area contributed by atoms with Gasteiger partial charge in [0.05, 0.1) is 18.7 Å². The van der Waals surface area contributed by atoms with Crippen molar-refractivity contribution in [2.24, 2.45) is 0 Å². The van der Waals surface area contributed by atoms with Crippen molar-refractivity contribution in [3.63, 3.8) is 0 Å². The van der Waals surface area contributed by atoms with Crippen LogP contribution in [0.3, 0.4) is 0 Å². The van der Waals surface area contributed by atoms with Crippen molar-refractivity contribution in [1.82, 2.24) is 4.90 Å². The highest BCUT2D eigenvalue weighted by atomic mass is 35.5. The number of carbonyl (C=O) groups is 2. The van der Waals surface area contributed by atoms with Crippen LogP contribution in [0.25, 0.3) is 5.57 Å². The van der Waals surface area contributed by atoms with Crippen molar-refractivity contribution >= 4 is 29.2 Å². The smallest absolute Gasteiger partial charge is 0.496 e. The number of fused-ring (bicyclic) bond motifs is 1. The van der Waals surface area contributed by atoms with Crippen LogP contribution in [0.15, 0.2) is 17.9 Å². The molecule has 6 nitrogen and oxygen atoms in total. The van der Waals surface area contributed by atoms with Gasteiger partial charge < -0.3 is 19.5 Å². The highest BCUT2D eigenvalue weighted by molar-refractivity contribution is 6.31. The van der Waals surface area contributed by atoms with E-state index in [0.29, 0.717) is 35.7 Å². The monoisotopic (exact) mass is 365 g/mol. The van der Waals surface area contributed by atoms with Gasteiger partial charge in [-0.15, -0.1) is 0 Å². The van der Waals surface area contributed by atoms with Crippen LogP contribution < -0.4 is 4.74 Å². The molecule has 2 aliphatic rings. The van der Waals surface area contributed by atoms with Gasteiger partial charge in [0, 0.05) is 17.1 Å². The fourth-order valence-electron chi connectivity index (χ4n) is 3.67. The second-order valence-corrected chi connectivity index (χ2v) is 6.55. The molecule has 7 heteroatoms. The number of aryl methyl sites for hydroxylation is 1. The number of carboxylic acid groups (broad SMARTS) is 1. The second kappa shape index (κ2) is 6.96. The summed E-state index contributed by atoms with van der Waals surface area (Å²) in [5, 5.41) is 9.68. The largest absolute Gasteiger partial charge is 0.511 e. The summed E-state index contributed by atoms with van der Waals surface area (Å²) in [6, 6.07) is 3.07. The standard InChI is InChI=1S/C18H20ClNO5/c1-3-10-8-11(19)9-13(24-2)14(10)15-16(25-18(22)23)12-6-4-5-7-20(12)17(15)21/h8-9,12H,3-7H2,1-2H3,(H,22,23). The lowest BCUT2D eigenvalue weighted by molar-refractivity contribution is -0.126. The number of hydrogen-bond acceptors (Lipinski definition) is 4. The van der Waals surface area contributed by atoms with Crippen molar-refractivity contribution in [3.05, 3.63) is 34.0 Å². The number of methoxy groups -OCH3 is 1. The van der Waals surface area contributed by atoms with Crippen LogP contribution in [0.1, 0.15) is 37.3 Å². The molecule has 0 radical (unpaired) electrons. The molecule has 1 N–H and O–H groups in total. The van der Waals surface area contributed by atoms with Gasteiger partial charge in [0.1, 0.15) is 11.5 Å². The van der Waals surface area contributed by atoms with Crippen LogP contribution in [-0.2, 0) is 16.0 Å². The summed E-state index contributed by atoms with van der Waals surface area (Å²) in [4.78, 5) is 26.0. The van der Waals surface area contributed by atoms with E-state index in [-0.39, 0.29) is 23.3 Å². The lowest BCUT2D eigenvalue weighted by Crippen LogP contribution is -2.39. The van der Waals surface area contributed by atoms with E-state index in [4.69, 9.17) is 21.1 Å². The molecule has 1 aromatic carbocycles. The van der Waals surface area contributed by atoms with E-state index in [1.807, 2.05) is 6.92 Å². The predicted molar refractivity (Wildman–Crippen MR) is 92.8 cm³/mol. The third-order valence-corrected chi connectivity index (χ3v) is 4.94. The van der Waals surface area contributed by atoms with E-state index in [0.717, 1.165) is 18.4 Å². The molecule has 0 aliphatic carbocycles. The highest BCUT2D eigenvalue weighted by Crippen LogP contribution is 2.43. The van der Waals surface area contributed by atoms with Crippen molar-refractivity contribution < 1.29 is 24.2 Å². The third kappa shape index (κ3) is 3.06. The van der Waals surface area contributed by atoms with Crippen LogP contribution in [0, 0.1) is 0 Å². The topological polar surface area (TPSA) is 76.1 Å². The Hall–Kier alpha value is -2.21. The molecule has 1 unspecified atom stereocenters. The maximum atomic E-state index is 13.1. The minimum absolute atomic E-state index is 0.201. The van der Waals surface area contributed by atoms with E-state index in [1.165, 1.54) is 7.11 Å². The van der Waals surface area contributed by atoms with Gasteiger partial charge in [-0.05, 0) is 43.4 Å². The maximum absolute atomic E-state index is 13.1. The lowest BCUT2D eigenvalue weighted by Gasteiger charge is -2.30. The number of halogens is 1. The van der Waals surface area contributed by atoms with Crippen LogP contribution in [0.5, 0.6) is 5.75 Å². The maximum Gasteiger partial charge on any atom is 0.511 e. The summed E-state index contributed by atoms with van der Waals surface area (Å²) < 4.78 is 10.5. The van der Waals surface area contributed by atoms with Crippen LogP contribution in [0.2, 0.25) is 5.02 Å². The number of benzene rings is 1. The van der Waals surface area contributed by atoms with Crippen LogP contribution in [-0.4, -0.2) is 41.8 Å². The molecule has 0 saturated carbocycles. The fourth-order valence-corrected chi connectivity index (χ4v) is 3.90. The van der Waals surface area contributed by atoms with Gasteiger partial charge in [-0.1, -0.05) is 18.5 Å².